The quantitative estimate of drug-likeness (QED) is 0.870. The summed E-state index contributed by atoms with van der Waals surface area (Å²) in [5, 5.41) is 3.53. The smallest absolute Gasteiger partial charge is 0.0376 e. The number of hydrogen-bond donors (Lipinski definition) is 1. The van der Waals surface area contributed by atoms with E-state index in [4.69, 9.17) is 0 Å². The molecule has 2 aliphatic heterocycles. The normalized spacial score (nSPS) is 31.6. The van der Waals surface area contributed by atoms with Gasteiger partial charge < -0.3 is 10.2 Å². The highest BCUT2D eigenvalue weighted by atomic mass is 15.2. The standard InChI is InChI=1S/C17H26N2/c1-13-8-10-19(14(2)11-13)12-15-7-9-18-17-6-4-3-5-16(15)17/h3-6,13-15,18H,7-12H2,1-2H3. The Morgan fingerprint density at radius 2 is 2.05 bits per heavy atom. The van der Waals surface area contributed by atoms with Crippen molar-refractivity contribution in [3.63, 3.8) is 0 Å². The largest absolute Gasteiger partial charge is 0.385 e. The van der Waals surface area contributed by atoms with E-state index in [2.05, 4.69) is 48.3 Å². The van der Waals surface area contributed by atoms with Crippen LogP contribution < -0.4 is 5.32 Å². The van der Waals surface area contributed by atoms with Gasteiger partial charge in [-0.05, 0) is 50.3 Å². The fourth-order valence-corrected chi connectivity index (χ4v) is 3.75. The van der Waals surface area contributed by atoms with Gasteiger partial charge in [0.25, 0.3) is 0 Å². The molecule has 1 aromatic carbocycles. The molecule has 3 rings (SSSR count). The molecule has 0 spiro atoms. The van der Waals surface area contributed by atoms with Crippen LogP contribution in [0.25, 0.3) is 0 Å². The maximum absolute atomic E-state index is 3.53. The number of fused-ring (bicyclic) bond motifs is 1. The molecule has 3 unspecified atom stereocenters. The van der Waals surface area contributed by atoms with Crippen LogP contribution in [0.1, 0.15) is 44.6 Å². The van der Waals surface area contributed by atoms with Crippen LogP contribution in [0.4, 0.5) is 5.69 Å². The number of para-hydroxylation sites is 1. The molecule has 1 saturated heterocycles. The van der Waals surface area contributed by atoms with E-state index >= 15 is 0 Å². The van der Waals surface area contributed by atoms with E-state index < -0.39 is 0 Å². The van der Waals surface area contributed by atoms with Gasteiger partial charge in [0.15, 0.2) is 0 Å². The molecule has 0 radical (unpaired) electrons. The van der Waals surface area contributed by atoms with Crippen LogP contribution in [0, 0.1) is 5.92 Å². The number of nitrogens with zero attached hydrogens (tertiary/aromatic N) is 1. The second kappa shape index (κ2) is 5.54. The molecule has 2 aliphatic rings. The predicted molar refractivity (Wildman–Crippen MR) is 81.7 cm³/mol. The van der Waals surface area contributed by atoms with Gasteiger partial charge in [-0.3, -0.25) is 0 Å². The van der Waals surface area contributed by atoms with Crippen molar-refractivity contribution in [1.29, 1.82) is 0 Å². The van der Waals surface area contributed by atoms with E-state index in [9.17, 15) is 0 Å². The van der Waals surface area contributed by atoms with E-state index in [0.29, 0.717) is 5.92 Å². The maximum Gasteiger partial charge on any atom is 0.0376 e. The van der Waals surface area contributed by atoms with Crippen molar-refractivity contribution >= 4 is 5.69 Å². The highest BCUT2D eigenvalue weighted by Crippen LogP contribution is 2.33. The second-order valence-electron chi connectivity index (χ2n) is 6.47. The highest BCUT2D eigenvalue weighted by molar-refractivity contribution is 5.54. The number of likely N-dealkylation sites (tertiary alicyclic amines) is 1. The van der Waals surface area contributed by atoms with Gasteiger partial charge >= 0.3 is 0 Å². The van der Waals surface area contributed by atoms with Crippen molar-refractivity contribution in [2.45, 2.75) is 45.1 Å². The molecule has 104 valence electrons. The summed E-state index contributed by atoms with van der Waals surface area (Å²) in [6.07, 6.45) is 4.01. The number of benzene rings is 1. The molecule has 0 aliphatic carbocycles. The van der Waals surface area contributed by atoms with Crippen molar-refractivity contribution in [3.8, 4) is 0 Å². The number of nitrogens with one attached hydrogen (secondary N) is 1. The number of rotatable bonds is 2. The lowest BCUT2D eigenvalue weighted by molar-refractivity contribution is 0.120. The van der Waals surface area contributed by atoms with Crippen LogP contribution in [0.3, 0.4) is 0 Å². The van der Waals surface area contributed by atoms with Gasteiger partial charge in [-0.15, -0.1) is 0 Å². The van der Waals surface area contributed by atoms with Gasteiger partial charge in [-0.1, -0.05) is 25.1 Å². The first-order valence-corrected chi connectivity index (χ1v) is 7.81. The van der Waals surface area contributed by atoms with Gasteiger partial charge in [0.05, 0.1) is 0 Å². The van der Waals surface area contributed by atoms with Crippen LogP contribution in [0.2, 0.25) is 0 Å². The van der Waals surface area contributed by atoms with Gasteiger partial charge in [0.1, 0.15) is 0 Å². The molecule has 0 amide bonds. The zero-order valence-electron chi connectivity index (χ0n) is 12.2. The summed E-state index contributed by atoms with van der Waals surface area (Å²) in [6, 6.07) is 9.61. The molecule has 19 heavy (non-hydrogen) atoms. The van der Waals surface area contributed by atoms with E-state index in [1.165, 1.54) is 43.6 Å². The summed E-state index contributed by atoms with van der Waals surface area (Å²) in [5.41, 5.74) is 2.89. The fraction of sp³-hybridized carbons (Fsp3) is 0.647. The topological polar surface area (TPSA) is 15.3 Å². The van der Waals surface area contributed by atoms with Crippen molar-refractivity contribution in [3.05, 3.63) is 29.8 Å². The Morgan fingerprint density at radius 1 is 1.21 bits per heavy atom. The molecule has 2 nitrogen and oxygen atoms in total. The lowest BCUT2D eigenvalue weighted by Crippen LogP contribution is -2.43. The van der Waals surface area contributed by atoms with Gasteiger partial charge in [0.2, 0.25) is 0 Å². The number of piperidine rings is 1. The lowest BCUT2D eigenvalue weighted by Gasteiger charge is -2.40. The maximum atomic E-state index is 3.53. The van der Waals surface area contributed by atoms with Crippen LogP contribution in [-0.4, -0.2) is 30.6 Å². The van der Waals surface area contributed by atoms with Crippen molar-refractivity contribution < 1.29 is 0 Å². The third-order valence-corrected chi connectivity index (χ3v) is 4.94. The molecule has 2 heteroatoms. The van der Waals surface area contributed by atoms with Crippen molar-refractivity contribution in [2.75, 3.05) is 25.0 Å². The minimum Gasteiger partial charge on any atom is -0.385 e. The number of hydrogen-bond acceptors (Lipinski definition) is 2. The first kappa shape index (κ1) is 13.0. The van der Waals surface area contributed by atoms with Gasteiger partial charge in [-0.2, -0.15) is 0 Å². The van der Waals surface area contributed by atoms with Crippen molar-refractivity contribution in [2.24, 2.45) is 5.92 Å². The monoisotopic (exact) mass is 258 g/mol. The van der Waals surface area contributed by atoms with Gasteiger partial charge in [0, 0.05) is 30.7 Å². The minimum absolute atomic E-state index is 0.716. The van der Waals surface area contributed by atoms with Crippen LogP contribution >= 0.6 is 0 Å². The second-order valence-corrected chi connectivity index (χ2v) is 6.47. The number of anilines is 1. The average molecular weight is 258 g/mol. The average Bonchev–Trinajstić information content (AvgIpc) is 2.42. The molecule has 2 heterocycles. The first-order chi connectivity index (χ1) is 9.24. The molecular weight excluding hydrogens is 232 g/mol. The Bertz CT molecular complexity index is 429. The first-order valence-electron chi connectivity index (χ1n) is 7.81. The van der Waals surface area contributed by atoms with Crippen LogP contribution in [0.5, 0.6) is 0 Å². The summed E-state index contributed by atoms with van der Waals surface area (Å²) >= 11 is 0. The zero-order chi connectivity index (χ0) is 13.2. The summed E-state index contributed by atoms with van der Waals surface area (Å²) in [6.45, 7) is 8.46. The van der Waals surface area contributed by atoms with Crippen LogP contribution in [-0.2, 0) is 0 Å². The molecule has 1 fully saturated rings. The Labute approximate surface area is 117 Å². The van der Waals surface area contributed by atoms with E-state index in [-0.39, 0.29) is 0 Å². The Morgan fingerprint density at radius 3 is 2.89 bits per heavy atom. The van der Waals surface area contributed by atoms with E-state index in [0.717, 1.165) is 18.5 Å². The van der Waals surface area contributed by atoms with Crippen LogP contribution in [0.15, 0.2) is 24.3 Å². The Kier molecular flexibility index (Phi) is 3.79. The summed E-state index contributed by atoms with van der Waals surface area (Å²) < 4.78 is 0. The highest BCUT2D eigenvalue weighted by Gasteiger charge is 2.27. The molecular formula is C17H26N2. The lowest BCUT2D eigenvalue weighted by atomic mass is 9.87. The molecule has 1 N–H and O–H groups in total. The van der Waals surface area contributed by atoms with E-state index in [1.807, 2.05) is 0 Å². The summed E-state index contributed by atoms with van der Waals surface area (Å²) in [5.74, 6) is 1.62. The van der Waals surface area contributed by atoms with E-state index in [1.54, 1.807) is 0 Å². The zero-order valence-corrected chi connectivity index (χ0v) is 12.2. The van der Waals surface area contributed by atoms with Crippen molar-refractivity contribution in [1.82, 2.24) is 4.90 Å². The Balaban J connectivity index is 1.71. The van der Waals surface area contributed by atoms with Gasteiger partial charge in [-0.25, -0.2) is 0 Å². The molecule has 1 aromatic rings. The molecule has 3 atom stereocenters. The summed E-state index contributed by atoms with van der Waals surface area (Å²) in [4.78, 5) is 2.72. The fourth-order valence-electron chi connectivity index (χ4n) is 3.75. The molecule has 0 bridgehead atoms. The molecule has 0 saturated carbocycles. The predicted octanol–water partition coefficient (Wildman–Crippen LogP) is 3.71. The minimum atomic E-state index is 0.716. The Hall–Kier alpha value is -1.02. The third-order valence-electron chi connectivity index (χ3n) is 4.94. The molecule has 0 aromatic heterocycles. The SMILES string of the molecule is CC1CCN(CC2CCNc3ccccc32)C(C)C1. The summed E-state index contributed by atoms with van der Waals surface area (Å²) in [7, 11) is 0. The third kappa shape index (κ3) is 2.79.